The molecule has 0 aliphatic heterocycles. The molecule has 0 aliphatic carbocycles. The number of hydrogen-bond acceptors (Lipinski definition) is 4. The second-order valence-corrected chi connectivity index (χ2v) is 2.96. The fourth-order valence-electron chi connectivity index (χ4n) is 0.966. The molecule has 17 heavy (non-hydrogen) atoms. The quantitative estimate of drug-likeness (QED) is 0.205. The van der Waals surface area contributed by atoms with Gasteiger partial charge in [-0.1, -0.05) is 0 Å². The zero-order chi connectivity index (χ0) is 12.0. The first-order valence-corrected chi connectivity index (χ1v) is 4.82. The van der Waals surface area contributed by atoms with Gasteiger partial charge >= 0.3 is 100.0 Å². The molecule has 1 aromatic carbocycles. The van der Waals surface area contributed by atoms with E-state index in [4.69, 9.17) is 11.3 Å². The number of nitrogens with zero attached hydrogens (tertiary/aromatic N) is 1. The number of hydrogen-bond donors (Lipinski definition) is 0. The minimum Gasteiger partial charge on any atom is -0.870 e. The van der Waals surface area contributed by atoms with E-state index < -0.39 is 4.92 Å². The van der Waals surface area contributed by atoms with Crippen LogP contribution in [-0.2, 0) is 15.0 Å². The molecule has 0 atom stereocenters. The van der Waals surface area contributed by atoms with Crippen LogP contribution in [0.25, 0.3) is 0 Å². The summed E-state index contributed by atoms with van der Waals surface area (Å²) in [5, 5.41) is 10.6. The number of ether oxygens (including phenoxy) is 1. The third kappa shape index (κ3) is 4.30. The summed E-state index contributed by atoms with van der Waals surface area (Å²) in [6.45, 7) is 5.14. The predicted octanol–water partition coefficient (Wildman–Crippen LogP) is 1.72. The van der Waals surface area contributed by atoms with Crippen molar-refractivity contribution in [3.63, 3.8) is 0 Å². The monoisotopic (exact) mass is 277 g/mol. The van der Waals surface area contributed by atoms with Crippen LogP contribution in [0, 0.1) is 16.7 Å². The summed E-state index contributed by atoms with van der Waals surface area (Å²) < 4.78 is 5.26. The largest absolute Gasteiger partial charge is 0.870 e. The van der Waals surface area contributed by atoms with Crippen LogP contribution in [-0.4, -0.2) is 15.4 Å². The van der Waals surface area contributed by atoms with Crippen molar-refractivity contribution in [2.75, 3.05) is 0 Å². The number of nitro groups is 1. The summed E-state index contributed by atoms with van der Waals surface area (Å²) in [7, 11) is 0. The summed E-state index contributed by atoms with van der Waals surface area (Å²) in [6.07, 6.45) is 0.855. The van der Waals surface area contributed by atoms with Crippen LogP contribution < -0.4 is 4.74 Å². The Labute approximate surface area is 106 Å². The topological polar surface area (TPSA) is 82.4 Å². The zero-order valence-corrected chi connectivity index (χ0v) is 9.54. The van der Waals surface area contributed by atoms with Crippen LogP contribution in [0.1, 0.15) is 0 Å². The molecule has 0 bridgehead atoms. The molecule has 5 nitrogen and oxygen atoms in total. The van der Waals surface area contributed by atoms with Gasteiger partial charge in [0, 0.05) is 0 Å². The van der Waals surface area contributed by atoms with Crippen LogP contribution in [0.3, 0.4) is 0 Å². The fraction of sp³-hybridized carbons (Fsp3) is 0. The van der Waals surface area contributed by atoms with Gasteiger partial charge in [-0.3, -0.25) is 0 Å². The second kappa shape index (κ2) is 7.49. The maximum absolute atomic E-state index is 10.6. The van der Waals surface area contributed by atoms with Crippen molar-refractivity contribution >= 4 is 4.99 Å². The Morgan fingerprint density at radius 3 is 2.41 bits per heavy atom. The SMILES string of the molecule is [CH-]=C/C(=C(\[CH]=[Ni])Oc1ccccc1)[N+](=O)[O-].[OH-]. The van der Waals surface area contributed by atoms with Gasteiger partial charge in [-0.25, -0.2) is 0 Å². The summed E-state index contributed by atoms with van der Waals surface area (Å²) in [5.74, 6) is 0.422. The van der Waals surface area contributed by atoms with Gasteiger partial charge in [0.05, 0.1) is 0 Å². The smallest absolute Gasteiger partial charge is 0.870 e. The molecule has 0 aromatic heterocycles. The first kappa shape index (κ1) is 15.2. The average Bonchev–Trinajstić information content (AvgIpc) is 2.29. The first-order valence-electron chi connectivity index (χ1n) is 4.25. The molecule has 0 unspecified atom stereocenters. The molecular weight excluding hydrogens is 269 g/mol. The van der Waals surface area contributed by atoms with Crippen LogP contribution in [0.2, 0.25) is 0 Å². The standard InChI is InChI=1S/C11H8NO3.Ni.H2O/c1-3-11(12(13)14)9(2)15-10-7-5-4-6-8-10;;/h1-8H;;1H2/q-1;;/p-1/b11-9-;;. The predicted molar refractivity (Wildman–Crippen MR) is 58.0 cm³/mol. The Balaban J connectivity index is 0.00000256. The number of rotatable bonds is 5. The average molecular weight is 278 g/mol. The van der Waals surface area contributed by atoms with Crippen molar-refractivity contribution in [3.05, 3.63) is 64.6 Å². The van der Waals surface area contributed by atoms with Crippen LogP contribution in [0.4, 0.5) is 0 Å². The maximum atomic E-state index is 10.6. The Bertz CT molecular complexity index is 442. The number of allylic oxidation sites excluding steroid dienone is 2. The molecule has 1 aromatic rings. The van der Waals surface area contributed by atoms with E-state index in [9.17, 15) is 10.1 Å². The van der Waals surface area contributed by atoms with Crippen molar-refractivity contribution in [2.24, 2.45) is 0 Å². The van der Waals surface area contributed by atoms with E-state index in [1.807, 2.05) is 0 Å². The van der Waals surface area contributed by atoms with Crippen molar-refractivity contribution < 1.29 is 30.2 Å². The van der Waals surface area contributed by atoms with E-state index in [2.05, 4.69) is 15.0 Å². The Kier molecular flexibility index (Phi) is 6.71. The van der Waals surface area contributed by atoms with Crippen LogP contribution >= 0.6 is 0 Å². The minimum absolute atomic E-state index is 0. The van der Waals surface area contributed by atoms with Crippen molar-refractivity contribution in [1.29, 1.82) is 0 Å². The molecule has 0 saturated carbocycles. The van der Waals surface area contributed by atoms with E-state index in [-0.39, 0.29) is 16.9 Å². The molecule has 0 fully saturated rings. The molecule has 0 heterocycles. The van der Waals surface area contributed by atoms with Gasteiger partial charge in [-0.15, -0.1) is 0 Å². The maximum Gasteiger partial charge on any atom is -0.870 e. The number of para-hydroxylation sites is 1. The van der Waals surface area contributed by atoms with Gasteiger partial charge in [0.15, 0.2) is 0 Å². The molecule has 0 saturated heterocycles. The molecule has 0 amide bonds. The summed E-state index contributed by atoms with van der Waals surface area (Å²) in [6, 6.07) is 8.63. The molecule has 94 valence electrons. The zero-order valence-electron chi connectivity index (χ0n) is 8.55. The second-order valence-electron chi connectivity index (χ2n) is 2.68. The first-order chi connectivity index (χ1) is 7.69. The summed E-state index contributed by atoms with van der Waals surface area (Å²) in [5.41, 5.74) is -0.352. The molecule has 0 spiro atoms. The van der Waals surface area contributed by atoms with Crippen molar-refractivity contribution in [2.45, 2.75) is 0 Å². The van der Waals surface area contributed by atoms with E-state index >= 15 is 0 Å². The molecule has 0 radical (unpaired) electrons. The van der Waals surface area contributed by atoms with Gasteiger partial charge in [0.1, 0.15) is 0 Å². The Hall–Kier alpha value is -1.78. The van der Waals surface area contributed by atoms with Crippen LogP contribution in [0.15, 0.2) is 47.9 Å². The minimum atomic E-state index is -0.645. The van der Waals surface area contributed by atoms with Gasteiger partial charge in [0.2, 0.25) is 0 Å². The van der Waals surface area contributed by atoms with E-state index in [0.717, 1.165) is 11.1 Å². The van der Waals surface area contributed by atoms with Gasteiger partial charge in [-0.05, 0) is 0 Å². The fourth-order valence-corrected chi connectivity index (χ4v) is 1.17. The third-order valence-electron chi connectivity index (χ3n) is 1.66. The molecule has 1 rings (SSSR count). The molecule has 0 aliphatic rings. The van der Waals surface area contributed by atoms with Gasteiger partial charge in [-0.2, -0.15) is 0 Å². The van der Waals surface area contributed by atoms with E-state index in [1.54, 1.807) is 30.3 Å². The normalized spacial score (nSPS) is 10.7. The molecule has 1 N–H and O–H groups in total. The Morgan fingerprint density at radius 1 is 1.41 bits per heavy atom. The van der Waals surface area contributed by atoms with E-state index in [1.165, 1.54) is 0 Å². The van der Waals surface area contributed by atoms with E-state index in [0.29, 0.717) is 5.75 Å². The van der Waals surface area contributed by atoms with Gasteiger partial charge in [0.25, 0.3) is 0 Å². The molecule has 6 heteroatoms. The van der Waals surface area contributed by atoms with Crippen LogP contribution in [0.5, 0.6) is 5.75 Å². The number of benzene rings is 1. The summed E-state index contributed by atoms with van der Waals surface area (Å²) in [4.78, 5) is 11.1. The Morgan fingerprint density at radius 2 is 2.00 bits per heavy atom. The third-order valence-corrected chi connectivity index (χ3v) is 1.92. The van der Waals surface area contributed by atoms with Crippen molar-refractivity contribution in [3.8, 4) is 5.75 Å². The summed E-state index contributed by atoms with van der Waals surface area (Å²) >= 11 is 4.35. The van der Waals surface area contributed by atoms with Crippen molar-refractivity contribution in [1.82, 2.24) is 0 Å². The molecular formula is C11H9NNiO4-2. The van der Waals surface area contributed by atoms with Gasteiger partial charge < -0.3 is 5.48 Å².